The Kier molecular flexibility index (Phi) is 4.12. The summed E-state index contributed by atoms with van der Waals surface area (Å²) in [5, 5.41) is -2.19. The number of rotatable bonds is 2. The molecule has 0 aliphatic carbocycles. The number of hydrogen-bond acceptors (Lipinski definition) is 2. The molecule has 2 nitrogen and oxygen atoms in total. The van der Waals surface area contributed by atoms with Crippen molar-refractivity contribution in [2.75, 3.05) is 0 Å². The second-order valence-electron chi connectivity index (χ2n) is 2.55. The Hall–Kier alpha value is -0.420. The fourth-order valence-electron chi connectivity index (χ4n) is 1.00. The van der Waals surface area contributed by atoms with Crippen molar-refractivity contribution >= 4 is 58.5 Å². The van der Waals surface area contributed by atoms with E-state index in [1.54, 1.807) is 0 Å². The molecule has 0 unspecified atom stereocenters. The number of carbonyl (C=O) groups excluding carboxylic acids is 2. The molecule has 0 spiro atoms. The van der Waals surface area contributed by atoms with Gasteiger partial charge in [-0.3, -0.25) is 9.59 Å². The molecule has 0 atom stereocenters. The van der Waals surface area contributed by atoms with Crippen LogP contribution in [0, 0.1) is 0 Å². The van der Waals surface area contributed by atoms with Crippen molar-refractivity contribution < 1.29 is 18.4 Å². The van der Waals surface area contributed by atoms with Gasteiger partial charge in [0.15, 0.2) is 0 Å². The molecule has 86 valence electrons. The molecule has 8 heteroatoms. The summed E-state index contributed by atoms with van der Waals surface area (Å²) in [6.45, 7) is 0. The van der Waals surface area contributed by atoms with Gasteiger partial charge in [-0.25, -0.2) is 0 Å². The van der Waals surface area contributed by atoms with Crippen molar-refractivity contribution in [3.05, 3.63) is 31.2 Å². The first-order valence-corrected chi connectivity index (χ1v) is 5.05. The molecular weight excluding hydrogens is 308 g/mol. The van der Waals surface area contributed by atoms with Crippen LogP contribution in [0.3, 0.4) is 0 Å². The lowest BCUT2D eigenvalue weighted by atomic mass is 10.1. The third-order valence-corrected chi connectivity index (χ3v) is 3.46. The van der Waals surface area contributed by atoms with Gasteiger partial charge in [-0.15, -0.1) is 0 Å². The summed E-state index contributed by atoms with van der Waals surface area (Å²) in [5.74, 6) is 0. The van der Waals surface area contributed by atoms with Crippen molar-refractivity contribution in [2.24, 2.45) is 0 Å². The van der Waals surface area contributed by atoms with Crippen LogP contribution in [-0.2, 0) is 0 Å². The van der Waals surface area contributed by atoms with Gasteiger partial charge >= 0.3 is 12.1 Å². The average molecular weight is 308 g/mol. The highest BCUT2D eigenvalue weighted by Gasteiger charge is 2.28. The summed E-state index contributed by atoms with van der Waals surface area (Å²) in [7, 11) is 0. The quantitative estimate of drug-likeness (QED) is 0.457. The van der Waals surface area contributed by atoms with Crippen LogP contribution in [0.4, 0.5) is 8.78 Å². The van der Waals surface area contributed by atoms with Gasteiger partial charge in [-0.2, -0.15) is 8.78 Å². The second-order valence-corrected chi connectivity index (χ2v) is 4.07. The van der Waals surface area contributed by atoms with Gasteiger partial charge in [0.05, 0.1) is 31.2 Å². The lowest BCUT2D eigenvalue weighted by Gasteiger charge is -2.09. The molecule has 0 saturated heterocycles. The lowest BCUT2D eigenvalue weighted by molar-refractivity contribution is 0.0796. The van der Waals surface area contributed by atoms with Crippen LogP contribution in [-0.4, -0.2) is 12.1 Å². The van der Waals surface area contributed by atoms with Gasteiger partial charge in [0.25, 0.3) is 0 Å². The molecule has 0 amide bonds. The SMILES string of the molecule is O=C(F)c1c(Cl)c(Cl)c(Cl)c(Cl)c1C(=O)F. The first-order chi connectivity index (χ1) is 7.29. The molecule has 0 aliphatic rings. The number of benzene rings is 1. The monoisotopic (exact) mass is 306 g/mol. The van der Waals surface area contributed by atoms with Crippen LogP contribution in [0.5, 0.6) is 0 Å². The van der Waals surface area contributed by atoms with E-state index in [1.165, 1.54) is 0 Å². The van der Waals surface area contributed by atoms with Crippen LogP contribution in [0.25, 0.3) is 0 Å². The first-order valence-electron chi connectivity index (χ1n) is 3.54. The molecule has 0 aliphatic heterocycles. The summed E-state index contributed by atoms with van der Waals surface area (Å²) in [6, 6.07) is -4.27. The fraction of sp³-hybridized carbons (Fsp3) is 0. The lowest BCUT2D eigenvalue weighted by Crippen LogP contribution is -2.05. The third-order valence-electron chi connectivity index (χ3n) is 1.66. The summed E-state index contributed by atoms with van der Waals surface area (Å²) >= 11 is 21.9. The van der Waals surface area contributed by atoms with Gasteiger partial charge in [0, 0.05) is 0 Å². The van der Waals surface area contributed by atoms with E-state index in [0.29, 0.717) is 0 Å². The zero-order chi connectivity index (χ0) is 12.6. The topological polar surface area (TPSA) is 34.1 Å². The molecule has 0 radical (unpaired) electrons. The molecule has 0 aromatic heterocycles. The third kappa shape index (κ3) is 2.15. The Morgan fingerprint density at radius 1 is 0.688 bits per heavy atom. The molecule has 1 aromatic carbocycles. The van der Waals surface area contributed by atoms with E-state index in [9.17, 15) is 18.4 Å². The zero-order valence-corrected chi connectivity index (χ0v) is 10.1. The fourth-order valence-corrected chi connectivity index (χ4v) is 2.00. The van der Waals surface area contributed by atoms with Crippen LogP contribution in [0.15, 0.2) is 0 Å². The minimum atomic E-state index is -2.13. The van der Waals surface area contributed by atoms with Gasteiger partial charge < -0.3 is 0 Å². The van der Waals surface area contributed by atoms with Gasteiger partial charge in [-0.1, -0.05) is 46.4 Å². The van der Waals surface area contributed by atoms with Gasteiger partial charge in [-0.05, 0) is 0 Å². The van der Waals surface area contributed by atoms with E-state index in [2.05, 4.69) is 0 Å². The van der Waals surface area contributed by atoms with Crippen molar-refractivity contribution in [3.8, 4) is 0 Å². The first kappa shape index (κ1) is 13.6. The number of carbonyl (C=O) groups is 2. The van der Waals surface area contributed by atoms with Crippen molar-refractivity contribution in [3.63, 3.8) is 0 Å². The maximum Gasteiger partial charge on any atom is 0.334 e. The Balaban J connectivity index is 3.83. The number of hydrogen-bond donors (Lipinski definition) is 0. The molecule has 16 heavy (non-hydrogen) atoms. The smallest absolute Gasteiger partial charge is 0.255 e. The molecule has 0 bridgehead atoms. The average Bonchev–Trinajstić information content (AvgIpc) is 2.18. The van der Waals surface area contributed by atoms with Crippen molar-refractivity contribution in [1.82, 2.24) is 0 Å². The Morgan fingerprint density at radius 3 is 1.12 bits per heavy atom. The minimum Gasteiger partial charge on any atom is -0.255 e. The molecule has 0 N–H and O–H groups in total. The normalized spacial score (nSPS) is 10.4. The summed E-state index contributed by atoms with van der Waals surface area (Å²) in [5.41, 5.74) is -2.07. The van der Waals surface area contributed by atoms with Crippen molar-refractivity contribution in [1.29, 1.82) is 0 Å². The number of halogens is 6. The van der Waals surface area contributed by atoms with E-state index < -0.39 is 43.3 Å². The van der Waals surface area contributed by atoms with Crippen molar-refractivity contribution in [2.45, 2.75) is 0 Å². The Morgan fingerprint density at radius 2 is 0.938 bits per heavy atom. The van der Waals surface area contributed by atoms with E-state index in [0.717, 1.165) is 0 Å². The predicted molar refractivity (Wildman–Crippen MR) is 57.4 cm³/mol. The van der Waals surface area contributed by atoms with Crippen LogP contribution < -0.4 is 0 Å². The highest BCUT2D eigenvalue weighted by atomic mass is 35.5. The van der Waals surface area contributed by atoms with E-state index >= 15 is 0 Å². The highest BCUT2D eigenvalue weighted by molar-refractivity contribution is 6.54. The standard InChI is InChI=1S/C8Cl4F2O2/c9-3-1(7(13)15)2(8(14)16)4(10)6(12)5(3)11. The predicted octanol–water partition coefficient (Wildman–Crippen LogP) is 4.52. The molecular formula is C8Cl4F2O2. The maximum atomic E-state index is 12.6. The summed E-state index contributed by atoms with van der Waals surface area (Å²) < 4.78 is 25.2. The van der Waals surface area contributed by atoms with Crippen LogP contribution in [0.1, 0.15) is 20.7 Å². The maximum absolute atomic E-state index is 12.6. The summed E-state index contributed by atoms with van der Waals surface area (Å²) in [4.78, 5) is 21.2. The molecule has 1 aromatic rings. The Labute approximate surface area is 108 Å². The van der Waals surface area contributed by atoms with E-state index in [-0.39, 0.29) is 0 Å². The van der Waals surface area contributed by atoms with Gasteiger partial charge in [0.1, 0.15) is 0 Å². The van der Waals surface area contributed by atoms with E-state index in [4.69, 9.17) is 46.4 Å². The van der Waals surface area contributed by atoms with E-state index in [1.807, 2.05) is 0 Å². The molecule has 0 fully saturated rings. The van der Waals surface area contributed by atoms with Crippen LogP contribution in [0.2, 0.25) is 20.1 Å². The van der Waals surface area contributed by atoms with Crippen LogP contribution >= 0.6 is 46.4 Å². The minimum absolute atomic E-state index is 0.431. The molecule has 0 heterocycles. The Bertz CT molecular complexity index is 457. The second kappa shape index (κ2) is 4.84. The van der Waals surface area contributed by atoms with Gasteiger partial charge in [0.2, 0.25) is 0 Å². The largest absolute Gasteiger partial charge is 0.334 e. The molecule has 0 saturated carbocycles. The molecule has 1 rings (SSSR count). The summed E-state index contributed by atoms with van der Waals surface area (Å²) in [6.07, 6.45) is 0. The zero-order valence-electron chi connectivity index (χ0n) is 7.08. The highest BCUT2D eigenvalue weighted by Crippen LogP contribution is 2.42.